The highest BCUT2D eigenvalue weighted by molar-refractivity contribution is 4.87. The lowest BCUT2D eigenvalue weighted by atomic mass is 10.1. The first-order valence-electron chi connectivity index (χ1n) is 11.5. The Morgan fingerprint density at radius 2 is 1.46 bits per heavy atom. The Hall–Kier alpha value is -0.460. The van der Waals surface area contributed by atoms with E-state index in [2.05, 4.69) is 19.1 Å². The van der Waals surface area contributed by atoms with Gasteiger partial charge in [0.2, 0.25) is 0 Å². The third kappa shape index (κ3) is 12.2. The van der Waals surface area contributed by atoms with Crippen LogP contribution in [0.1, 0.15) is 90.4 Å². The molecule has 0 aromatic carbocycles. The van der Waals surface area contributed by atoms with Gasteiger partial charge in [-0.05, 0) is 32.1 Å². The molecule has 4 atom stereocenters. The number of rotatable bonds is 18. The van der Waals surface area contributed by atoms with Crippen LogP contribution in [-0.2, 0) is 9.47 Å². The molecule has 0 radical (unpaired) electrons. The van der Waals surface area contributed by atoms with E-state index in [1.165, 1.54) is 70.6 Å². The van der Waals surface area contributed by atoms with E-state index < -0.39 is 24.4 Å². The van der Waals surface area contributed by atoms with Crippen LogP contribution < -0.4 is 0 Å². The fraction of sp³-hybridized carbons (Fsp3) is 0.913. The Kier molecular flexibility index (Phi) is 15.9. The molecule has 5 nitrogen and oxygen atoms in total. The SMILES string of the molecule is CCCCCCC/C=C/CCCCCCCCOC[C@H](O)[C@H]1OC[C@@H](O)[C@H]1O. The van der Waals surface area contributed by atoms with Gasteiger partial charge >= 0.3 is 0 Å². The molecule has 0 amide bonds. The number of allylic oxidation sites excluding steroid dienone is 2. The minimum Gasteiger partial charge on any atom is -0.388 e. The van der Waals surface area contributed by atoms with Crippen LogP contribution in [-0.4, -0.2) is 59.6 Å². The lowest BCUT2D eigenvalue weighted by Crippen LogP contribution is -2.40. The second-order valence-electron chi connectivity index (χ2n) is 8.08. The standard InChI is InChI=1S/C23H44O5/c1-2-3-4-5-6-7-8-9-10-11-12-13-14-15-16-17-27-18-21(25)23-22(26)20(24)19-28-23/h8-9,20-26H,2-7,10-19H2,1H3/b9-8+/t20-,21+,22-,23-/m1/s1. The van der Waals surface area contributed by atoms with Crippen molar-refractivity contribution in [1.29, 1.82) is 0 Å². The van der Waals surface area contributed by atoms with Crippen molar-refractivity contribution in [3.05, 3.63) is 12.2 Å². The molecule has 0 bridgehead atoms. The summed E-state index contributed by atoms with van der Waals surface area (Å²) >= 11 is 0. The van der Waals surface area contributed by atoms with Crippen LogP contribution in [0.25, 0.3) is 0 Å². The van der Waals surface area contributed by atoms with Crippen molar-refractivity contribution in [3.8, 4) is 0 Å². The van der Waals surface area contributed by atoms with Gasteiger partial charge in [-0.3, -0.25) is 0 Å². The van der Waals surface area contributed by atoms with E-state index >= 15 is 0 Å². The van der Waals surface area contributed by atoms with Gasteiger partial charge in [-0.25, -0.2) is 0 Å². The van der Waals surface area contributed by atoms with E-state index in [4.69, 9.17) is 9.47 Å². The smallest absolute Gasteiger partial charge is 0.114 e. The second kappa shape index (κ2) is 17.4. The molecule has 5 heteroatoms. The van der Waals surface area contributed by atoms with Crippen LogP contribution in [0.3, 0.4) is 0 Å². The molecule has 3 N–H and O–H groups in total. The normalized spacial score (nSPS) is 23.6. The maximum absolute atomic E-state index is 9.94. The molecule has 1 heterocycles. The Morgan fingerprint density at radius 3 is 2.04 bits per heavy atom. The van der Waals surface area contributed by atoms with Crippen LogP contribution in [0.4, 0.5) is 0 Å². The third-order valence-electron chi connectivity index (χ3n) is 5.41. The number of hydrogen-bond acceptors (Lipinski definition) is 5. The minimum absolute atomic E-state index is 0.0672. The fourth-order valence-corrected chi connectivity index (χ4v) is 3.54. The first kappa shape index (κ1) is 25.6. The monoisotopic (exact) mass is 400 g/mol. The molecule has 1 rings (SSSR count). The maximum Gasteiger partial charge on any atom is 0.114 e. The van der Waals surface area contributed by atoms with Gasteiger partial charge in [0.15, 0.2) is 0 Å². The van der Waals surface area contributed by atoms with Crippen LogP contribution in [0.5, 0.6) is 0 Å². The van der Waals surface area contributed by atoms with Gasteiger partial charge in [0, 0.05) is 6.61 Å². The first-order valence-corrected chi connectivity index (χ1v) is 11.5. The van der Waals surface area contributed by atoms with Gasteiger partial charge in [0.25, 0.3) is 0 Å². The topological polar surface area (TPSA) is 79.2 Å². The van der Waals surface area contributed by atoms with Crippen molar-refractivity contribution in [2.75, 3.05) is 19.8 Å². The van der Waals surface area contributed by atoms with Gasteiger partial charge in [0.1, 0.15) is 24.4 Å². The van der Waals surface area contributed by atoms with Gasteiger partial charge in [-0.15, -0.1) is 0 Å². The molecule has 28 heavy (non-hydrogen) atoms. The number of hydrogen-bond donors (Lipinski definition) is 3. The van der Waals surface area contributed by atoms with Crippen molar-refractivity contribution < 1.29 is 24.8 Å². The third-order valence-corrected chi connectivity index (χ3v) is 5.41. The summed E-state index contributed by atoms with van der Waals surface area (Å²) in [5.41, 5.74) is 0. The molecule has 0 aromatic heterocycles. The van der Waals surface area contributed by atoms with Crippen molar-refractivity contribution in [1.82, 2.24) is 0 Å². The summed E-state index contributed by atoms with van der Waals surface area (Å²) < 4.78 is 10.7. The lowest BCUT2D eigenvalue weighted by Gasteiger charge is -2.20. The van der Waals surface area contributed by atoms with E-state index in [0.717, 1.165) is 12.8 Å². The van der Waals surface area contributed by atoms with Crippen LogP contribution in [0, 0.1) is 0 Å². The number of aliphatic hydroxyl groups is 3. The quantitative estimate of drug-likeness (QED) is 0.238. The Labute approximate surface area is 172 Å². The summed E-state index contributed by atoms with van der Waals surface area (Å²) in [6, 6.07) is 0. The van der Waals surface area contributed by atoms with E-state index in [0.29, 0.717) is 6.61 Å². The van der Waals surface area contributed by atoms with Crippen LogP contribution in [0.15, 0.2) is 12.2 Å². The molecule has 1 aliphatic heterocycles. The average Bonchev–Trinajstić information content (AvgIpc) is 3.03. The number of ether oxygens (including phenoxy) is 2. The van der Waals surface area contributed by atoms with Gasteiger partial charge < -0.3 is 24.8 Å². The Bertz CT molecular complexity index is 374. The van der Waals surface area contributed by atoms with Crippen molar-refractivity contribution in [2.45, 2.75) is 115 Å². The summed E-state index contributed by atoms with van der Waals surface area (Å²) in [5.74, 6) is 0. The highest BCUT2D eigenvalue weighted by Crippen LogP contribution is 2.18. The van der Waals surface area contributed by atoms with E-state index in [-0.39, 0.29) is 13.2 Å². The van der Waals surface area contributed by atoms with Crippen molar-refractivity contribution in [2.24, 2.45) is 0 Å². The maximum atomic E-state index is 9.94. The summed E-state index contributed by atoms with van der Waals surface area (Å²) in [5, 5.41) is 29.0. The van der Waals surface area contributed by atoms with Crippen LogP contribution >= 0.6 is 0 Å². The van der Waals surface area contributed by atoms with Crippen LogP contribution in [0.2, 0.25) is 0 Å². The Balaban J connectivity index is 1.79. The molecular formula is C23H44O5. The van der Waals surface area contributed by atoms with Crippen molar-refractivity contribution >= 4 is 0 Å². The second-order valence-corrected chi connectivity index (χ2v) is 8.08. The molecule has 0 aliphatic carbocycles. The van der Waals surface area contributed by atoms with Crippen molar-refractivity contribution in [3.63, 3.8) is 0 Å². The zero-order chi connectivity index (χ0) is 20.5. The average molecular weight is 401 g/mol. The van der Waals surface area contributed by atoms with E-state index in [1.807, 2.05) is 0 Å². The molecule has 0 unspecified atom stereocenters. The highest BCUT2D eigenvalue weighted by Gasteiger charge is 2.39. The molecule has 0 saturated carbocycles. The zero-order valence-electron chi connectivity index (χ0n) is 17.9. The summed E-state index contributed by atoms with van der Waals surface area (Å²) in [7, 11) is 0. The van der Waals surface area contributed by atoms with E-state index in [1.54, 1.807) is 0 Å². The predicted octanol–water partition coefficient (Wildman–Crippen LogP) is 4.13. The number of aliphatic hydroxyl groups excluding tert-OH is 3. The molecule has 0 aromatic rings. The summed E-state index contributed by atoms with van der Waals surface area (Å²) in [6.45, 7) is 3.08. The lowest BCUT2D eigenvalue weighted by molar-refractivity contribution is -0.0813. The first-order chi connectivity index (χ1) is 13.7. The zero-order valence-corrected chi connectivity index (χ0v) is 17.9. The summed E-state index contributed by atoms with van der Waals surface area (Å²) in [6.07, 6.45) is 17.6. The van der Waals surface area contributed by atoms with E-state index in [9.17, 15) is 15.3 Å². The molecule has 1 fully saturated rings. The molecule has 166 valence electrons. The predicted molar refractivity (Wildman–Crippen MR) is 113 cm³/mol. The minimum atomic E-state index is -1.03. The highest BCUT2D eigenvalue weighted by atomic mass is 16.5. The largest absolute Gasteiger partial charge is 0.388 e. The molecule has 1 aliphatic rings. The fourth-order valence-electron chi connectivity index (χ4n) is 3.54. The van der Waals surface area contributed by atoms with Gasteiger partial charge in [-0.1, -0.05) is 70.4 Å². The van der Waals surface area contributed by atoms with Gasteiger partial charge in [0.05, 0.1) is 13.2 Å². The molecule has 0 spiro atoms. The number of unbranched alkanes of at least 4 members (excludes halogenated alkanes) is 11. The molecule has 1 saturated heterocycles. The molecular weight excluding hydrogens is 356 g/mol. The van der Waals surface area contributed by atoms with Gasteiger partial charge in [-0.2, -0.15) is 0 Å². The summed E-state index contributed by atoms with van der Waals surface area (Å²) in [4.78, 5) is 0. The Morgan fingerprint density at radius 1 is 0.893 bits per heavy atom.